The zero-order valence-electron chi connectivity index (χ0n) is 17.0. The number of hydrogen-bond acceptors (Lipinski definition) is 7. The number of methoxy groups -OCH3 is 2. The first-order valence-electron chi connectivity index (χ1n) is 9.72. The summed E-state index contributed by atoms with van der Waals surface area (Å²) < 4.78 is 50.6. The van der Waals surface area contributed by atoms with Crippen molar-refractivity contribution in [3.8, 4) is 23.1 Å². The number of rotatable bonds is 5. The van der Waals surface area contributed by atoms with Gasteiger partial charge in [-0.2, -0.15) is 23.3 Å². The van der Waals surface area contributed by atoms with Gasteiger partial charge in [-0.3, -0.25) is 4.98 Å². The minimum Gasteiger partial charge on any atom is -0.480 e. The third-order valence-electron chi connectivity index (χ3n) is 5.47. The number of nitrogens with zero attached hydrogens (tertiary/aromatic N) is 6. The van der Waals surface area contributed by atoms with E-state index in [1.54, 1.807) is 23.1 Å². The second kappa shape index (κ2) is 7.43. The SMILES string of the molecule is COc1ncc(-c2cc([C@H]3C[C@@H]3c3ccc(C(F)(F)F)nc3)c3nccn3n2)c(OC)n1. The Balaban J connectivity index is 1.52. The normalized spacial score (nSPS) is 18.0. The number of imidazole rings is 1. The highest BCUT2D eigenvalue weighted by Gasteiger charge is 2.42. The molecule has 8 nitrogen and oxygen atoms in total. The molecule has 4 aromatic rings. The van der Waals surface area contributed by atoms with Crippen LogP contribution in [0.2, 0.25) is 0 Å². The van der Waals surface area contributed by atoms with Gasteiger partial charge in [-0.1, -0.05) is 6.07 Å². The predicted octanol–water partition coefficient (Wildman–Crippen LogP) is 3.89. The second-order valence-electron chi connectivity index (χ2n) is 7.38. The van der Waals surface area contributed by atoms with Crippen LogP contribution in [0, 0.1) is 0 Å². The molecule has 0 saturated heterocycles. The topological polar surface area (TPSA) is 87.3 Å². The predicted molar refractivity (Wildman–Crippen MR) is 106 cm³/mol. The summed E-state index contributed by atoms with van der Waals surface area (Å²) in [7, 11) is 2.96. The number of hydrogen-bond donors (Lipinski definition) is 0. The fourth-order valence-electron chi connectivity index (χ4n) is 3.83. The maximum Gasteiger partial charge on any atom is 0.433 e. The molecule has 2 atom stereocenters. The highest BCUT2D eigenvalue weighted by atomic mass is 19.4. The highest BCUT2D eigenvalue weighted by Crippen LogP contribution is 2.55. The Kier molecular flexibility index (Phi) is 4.68. The molecule has 11 heteroatoms. The van der Waals surface area contributed by atoms with E-state index in [1.165, 1.54) is 26.5 Å². The molecule has 0 spiro atoms. The molecule has 1 fully saturated rings. The Bertz CT molecular complexity index is 1290. The van der Waals surface area contributed by atoms with Gasteiger partial charge >= 0.3 is 12.2 Å². The van der Waals surface area contributed by atoms with Gasteiger partial charge in [-0.15, -0.1) is 0 Å². The van der Waals surface area contributed by atoms with Crippen molar-refractivity contribution in [3.05, 3.63) is 59.8 Å². The molecule has 1 saturated carbocycles. The molecule has 0 aromatic carbocycles. The Morgan fingerprint density at radius 1 is 1.03 bits per heavy atom. The summed E-state index contributed by atoms with van der Waals surface area (Å²) >= 11 is 0. The zero-order chi connectivity index (χ0) is 22.5. The maximum atomic E-state index is 12.8. The lowest BCUT2D eigenvalue weighted by Crippen LogP contribution is -2.07. The number of alkyl halides is 3. The Morgan fingerprint density at radius 2 is 1.88 bits per heavy atom. The van der Waals surface area contributed by atoms with Crippen molar-refractivity contribution in [2.75, 3.05) is 14.2 Å². The van der Waals surface area contributed by atoms with E-state index in [-0.39, 0.29) is 17.8 Å². The van der Waals surface area contributed by atoms with Gasteiger partial charge in [0.05, 0.1) is 25.5 Å². The molecule has 4 aromatic heterocycles. The summed E-state index contributed by atoms with van der Waals surface area (Å²) in [5.74, 6) is 0.439. The lowest BCUT2D eigenvalue weighted by Gasteiger charge is -2.11. The van der Waals surface area contributed by atoms with Crippen LogP contribution in [-0.4, -0.2) is 43.8 Å². The number of aromatic nitrogens is 6. The largest absolute Gasteiger partial charge is 0.480 e. The van der Waals surface area contributed by atoms with Gasteiger partial charge in [0.2, 0.25) is 5.88 Å². The minimum absolute atomic E-state index is 0.0505. The van der Waals surface area contributed by atoms with Crippen molar-refractivity contribution in [2.24, 2.45) is 0 Å². The smallest absolute Gasteiger partial charge is 0.433 e. The van der Waals surface area contributed by atoms with Crippen LogP contribution in [0.15, 0.2) is 43.0 Å². The van der Waals surface area contributed by atoms with E-state index in [0.717, 1.165) is 23.6 Å². The Morgan fingerprint density at radius 3 is 2.56 bits per heavy atom. The summed E-state index contributed by atoms with van der Waals surface area (Å²) in [4.78, 5) is 16.4. The average molecular weight is 442 g/mol. The first-order chi connectivity index (χ1) is 15.4. The van der Waals surface area contributed by atoms with Crippen molar-refractivity contribution in [3.63, 3.8) is 0 Å². The first kappa shape index (κ1) is 20.2. The molecule has 164 valence electrons. The van der Waals surface area contributed by atoms with Gasteiger partial charge in [-0.05, 0) is 36.0 Å². The fraction of sp³-hybridized carbons (Fsp3) is 0.286. The molecule has 0 N–H and O–H groups in total. The van der Waals surface area contributed by atoms with Crippen LogP contribution >= 0.6 is 0 Å². The van der Waals surface area contributed by atoms with E-state index in [4.69, 9.17) is 9.47 Å². The van der Waals surface area contributed by atoms with Crippen LogP contribution in [-0.2, 0) is 6.18 Å². The Hall–Kier alpha value is -3.76. The van der Waals surface area contributed by atoms with Crippen molar-refractivity contribution in [2.45, 2.75) is 24.4 Å². The average Bonchev–Trinajstić information content (AvgIpc) is 3.45. The summed E-state index contributed by atoms with van der Waals surface area (Å²) in [5.41, 5.74) is 2.65. The molecule has 4 heterocycles. The lowest BCUT2D eigenvalue weighted by molar-refractivity contribution is -0.141. The van der Waals surface area contributed by atoms with E-state index >= 15 is 0 Å². The first-order valence-corrected chi connectivity index (χ1v) is 9.72. The lowest BCUT2D eigenvalue weighted by atomic mass is 10.0. The maximum absolute atomic E-state index is 12.8. The number of ether oxygens (including phenoxy) is 2. The van der Waals surface area contributed by atoms with E-state index in [0.29, 0.717) is 22.8 Å². The Labute approximate surface area is 180 Å². The molecule has 1 aliphatic carbocycles. The molecule has 5 rings (SSSR count). The molecule has 0 amide bonds. The van der Waals surface area contributed by atoms with Gasteiger partial charge in [0.15, 0.2) is 5.65 Å². The van der Waals surface area contributed by atoms with Crippen LogP contribution in [0.5, 0.6) is 11.9 Å². The molecule has 0 bridgehead atoms. The molecule has 0 radical (unpaired) electrons. The van der Waals surface area contributed by atoms with Crippen molar-refractivity contribution >= 4 is 5.65 Å². The van der Waals surface area contributed by atoms with Crippen molar-refractivity contribution < 1.29 is 22.6 Å². The second-order valence-corrected chi connectivity index (χ2v) is 7.38. The molecule has 1 aliphatic rings. The van der Waals surface area contributed by atoms with Gasteiger partial charge in [-0.25, -0.2) is 14.5 Å². The van der Waals surface area contributed by atoms with E-state index in [9.17, 15) is 13.2 Å². The van der Waals surface area contributed by atoms with Gasteiger partial charge in [0.1, 0.15) is 5.69 Å². The van der Waals surface area contributed by atoms with Crippen LogP contribution in [0.25, 0.3) is 16.9 Å². The van der Waals surface area contributed by atoms with Crippen LogP contribution in [0.3, 0.4) is 0 Å². The molecule has 0 unspecified atom stereocenters. The van der Waals surface area contributed by atoms with Gasteiger partial charge in [0, 0.05) is 30.4 Å². The summed E-state index contributed by atoms with van der Waals surface area (Å²) in [6, 6.07) is 4.59. The fourth-order valence-corrected chi connectivity index (χ4v) is 3.83. The van der Waals surface area contributed by atoms with Gasteiger partial charge < -0.3 is 9.47 Å². The quantitative estimate of drug-likeness (QED) is 0.463. The minimum atomic E-state index is -4.46. The van der Waals surface area contributed by atoms with E-state index in [2.05, 4.69) is 25.0 Å². The summed E-state index contributed by atoms with van der Waals surface area (Å²) in [6.45, 7) is 0. The summed E-state index contributed by atoms with van der Waals surface area (Å²) in [6.07, 6.45) is 2.57. The van der Waals surface area contributed by atoms with Crippen LogP contribution < -0.4 is 9.47 Å². The van der Waals surface area contributed by atoms with Gasteiger partial charge in [0.25, 0.3) is 0 Å². The highest BCUT2D eigenvalue weighted by molar-refractivity contribution is 5.68. The molecule has 32 heavy (non-hydrogen) atoms. The van der Waals surface area contributed by atoms with Crippen molar-refractivity contribution in [1.29, 1.82) is 0 Å². The zero-order valence-corrected chi connectivity index (χ0v) is 17.0. The van der Waals surface area contributed by atoms with E-state index in [1.807, 2.05) is 6.07 Å². The molecular weight excluding hydrogens is 425 g/mol. The van der Waals surface area contributed by atoms with Crippen molar-refractivity contribution in [1.82, 2.24) is 29.5 Å². The van der Waals surface area contributed by atoms with E-state index < -0.39 is 11.9 Å². The molecular formula is C21H17F3N6O2. The van der Waals surface area contributed by atoms with Crippen LogP contribution in [0.1, 0.15) is 35.1 Å². The third-order valence-corrected chi connectivity index (χ3v) is 5.47. The number of fused-ring (bicyclic) bond motifs is 1. The standard InChI is InChI=1S/C21H17F3N6O2/c1-31-19-15(10-27-20(28-19)32-2)16-8-14(18-25-5-6-30(18)29-16)13-7-12(13)11-3-4-17(26-9-11)21(22,23)24/h3-6,8-10,12-13H,7H2,1-2H3/t12-,13+/m1/s1. The molecule has 0 aliphatic heterocycles. The third kappa shape index (κ3) is 3.49. The number of pyridine rings is 1. The monoisotopic (exact) mass is 442 g/mol. The number of halogens is 3. The van der Waals surface area contributed by atoms with Crippen LogP contribution in [0.4, 0.5) is 13.2 Å². The summed E-state index contributed by atoms with van der Waals surface area (Å²) in [5, 5.41) is 4.59.